The lowest BCUT2D eigenvalue weighted by molar-refractivity contribution is -0.151. The molecular weight excluding hydrogens is 306 g/mol. The molecule has 24 heavy (non-hydrogen) atoms. The summed E-state index contributed by atoms with van der Waals surface area (Å²) >= 11 is 0. The molecule has 1 aromatic carbocycles. The van der Waals surface area contributed by atoms with Crippen LogP contribution in [-0.2, 0) is 9.59 Å². The van der Waals surface area contributed by atoms with Crippen molar-refractivity contribution < 1.29 is 14.4 Å². The highest BCUT2D eigenvalue weighted by Crippen LogP contribution is 2.35. The lowest BCUT2D eigenvalue weighted by Gasteiger charge is -2.42. The molecule has 2 aliphatic rings. The molecule has 128 valence electrons. The Morgan fingerprint density at radius 3 is 1.96 bits per heavy atom. The predicted molar refractivity (Wildman–Crippen MR) is 89.0 cm³/mol. The zero-order chi connectivity index (χ0) is 17.3. The molecular formula is C18H23N3O3. The van der Waals surface area contributed by atoms with E-state index in [1.54, 1.807) is 0 Å². The van der Waals surface area contributed by atoms with Crippen molar-refractivity contribution in [3.63, 3.8) is 0 Å². The third kappa shape index (κ3) is 2.82. The zero-order valence-corrected chi connectivity index (χ0v) is 14.1. The molecule has 1 aromatic rings. The number of piperidine rings is 1. The number of carbonyl (C=O) groups is 3. The van der Waals surface area contributed by atoms with Crippen LogP contribution >= 0.6 is 0 Å². The van der Waals surface area contributed by atoms with Crippen molar-refractivity contribution in [3.05, 3.63) is 35.9 Å². The van der Waals surface area contributed by atoms with Crippen molar-refractivity contribution in [1.82, 2.24) is 14.7 Å². The second-order valence-electron chi connectivity index (χ2n) is 6.51. The first-order valence-electron chi connectivity index (χ1n) is 8.40. The summed E-state index contributed by atoms with van der Waals surface area (Å²) in [6.45, 7) is 1.72. The summed E-state index contributed by atoms with van der Waals surface area (Å²) < 4.78 is 0. The first-order chi connectivity index (χ1) is 11.5. The molecule has 0 radical (unpaired) electrons. The van der Waals surface area contributed by atoms with Gasteiger partial charge in [0.2, 0.25) is 11.8 Å². The number of carbonyl (C=O) groups excluding carboxylic acids is 3. The topological polar surface area (TPSA) is 60.9 Å². The van der Waals surface area contributed by atoms with Crippen molar-refractivity contribution in [3.8, 4) is 0 Å². The maximum atomic E-state index is 12.8. The minimum Gasteiger partial charge on any atom is -0.295 e. The number of urea groups is 1. The molecule has 1 unspecified atom stereocenters. The second kappa shape index (κ2) is 6.73. The van der Waals surface area contributed by atoms with Crippen molar-refractivity contribution in [2.24, 2.45) is 5.92 Å². The molecule has 2 fully saturated rings. The van der Waals surface area contributed by atoms with Crippen LogP contribution in [0, 0.1) is 5.92 Å². The molecule has 2 heterocycles. The van der Waals surface area contributed by atoms with Crippen LogP contribution in [0.2, 0.25) is 0 Å². The fourth-order valence-electron chi connectivity index (χ4n) is 3.67. The molecule has 3 rings (SSSR count). The highest BCUT2D eigenvalue weighted by Gasteiger charge is 2.48. The van der Waals surface area contributed by atoms with E-state index >= 15 is 0 Å². The third-order valence-corrected chi connectivity index (χ3v) is 5.01. The summed E-state index contributed by atoms with van der Waals surface area (Å²) in [6, 6.07) is 8.78. The van der Waals surface area contributed by atoms with E-state index in [4.69, 9.17) is 0 Å². The maximum absolute atomic E-state index is 12.8. The Labute approximate surface area is 142 Å². The maximum Gasteiger partial charge on any atom is 0.332 e. The fraction of sp³-hybridized carbons (Fsp3) is 0.500. The summed E-state index contributed by atoms with van der Waals surface area (Å²) in [4.78, 5) is 41.9. The van der Waals surface area contributed by atoms with E-state index in [2.05, 4.69) is 4.90 Å². The number of imide groups is 2. The smallest absolute Gasteiger partial charge is 0.295 e. The van der Waals surface area contributed by atoms with Crippen LogP contribution in [-0.4, -0.2) is 59.7 Å². The molecule has 0 bridgehead atoms. The lowest BCUT2D eigenvalue weighted by Crippen LogP contribution is -2.60. The minimum absolute atomic E-state index is 0.329. The van der Waals surface area contributed by atoms with E-state index in [9.17, 15) is 14.4 Å². The Kier molecular flexibility index (Phi) is 4.66. The van der Waals surface area contributed by atoms with Gasteiger partial charge in [-0.05, 0) is 31.5 Å². The Morgan fingerprint density at radius 2 is 1.42 bits per heavy atom. The van der Waals surface area contributed by atoms with Gasteiger partial charge in [0, 0.05) is 14.1 Å². The fourth-order valence-corrected chi connectivity index (χ4v) is 3.67. The Hall–Kier alpha value is -2.21. The van der Waals surface area contributed by atoms with Gasteiger partial charge in [-0.25, -0.2) is 4.79 Å². The minimum atomic E-state index is -0.877. The van der Waals surface area contributed by atoms with Crippen LogP contribution in [0.1, 0.15) is 30.9 Å². The van der Waals surface area contributed by atoms with Crippen LogP contribution < -0.4 is 0 Å². The Morgan fingerprint density at radius 1 is 0.875 bits per heavy atom. The van der Waals surface area contributed by atoms with E-state index in [0.717, 1.165) is 41.3 Å². The van der Waals surface area contributed by atoms with Gasteiger partial charge < -0.3 is 0 Å². The molecule has 2 saturated heterocycles. The molecule has 2 aliphatic heterocycles. The van der Waals surface area contributed by atoms with Crippen molar-refractivity contribution >= 4 is 17.8 Å². The number of amides is 4. The summed E-state index contributed by atoms with van der Waals surface area (Å²) in [6.07, 6.45) is 3.29. The molecule has 0 spiro atoms. The number of barbiturate groups is 1. The third-order valence-electron chi connectivity index (χ3n) is 5.01. The molecule has 0 aliphatic carbocycles. The normalized spacial score (nSPS) is 22.2. The number of benzene rings is 1. The van der Waals surface area contributed by atoms with Crippen LogP contribution in [0.3, 0.4) is 0 Å². The average Bonchev–Trinajstić information content (AvgIpc) is 2.63. The number of nitrogens with zero attached hydrogens (tertiary/aromatic N) is 3. The van der Waals surface area contributed by atoms with Gasteiger partial charge in [0.05, 0.1) is 6.04 Å². The monoisotopic (exact) mass is 329 g/mol. The van der Waals surface area contributed by atoms with Gasteiger partial charge in [-0.15, -0.1) is 0 Å². The molecule has 4 amide bonds. The van der Waals surface area contributed by atoms with Gasteiger partial charge in [-0.1, -0.05) is 36.8 Å². The Bertz CT molecular complexity index is 616. The van der Waals surface area contributed by atoms with Crippen molar-refractivity contribution in [2.75, 3.05) is 27.2 Å². The molecule has 6 nitrogen and oxygen atoms in total. The van der Waals surface area contributed by atoms with Gasteiger partial charge in [-0.3, -0.25) is 24.3 Å². The molecule has 0 saturated carbocycles. The largest absolute Gasteiger partial charge is 0.332 e. The number of hydrogen-bond acceptors (Lipinski definition) is 4. The second-order valence-corrected chi connectivity index (χ2v) is 6.51. The van der Waals surface area contributed by atoms with E-state index in [1.165, 1.54) is 20.5 Å². The number of likely N-dealkylation sites (tertiary alicyclic amines) is 1. The lowest BCUT2D eigenvalue weighted by atomic mass is 9.87. The highest BCUT2D eigenvalue weighted by molar-refractivity contribution is 6.16. The highest BCUT2D eigenvalue weighted by atomic mass is 16.2. The number of hydrogen-bond donors (Lipinski definition) is 0. The van der Waals surface area contributed by atoms with Crippen LogP contribution in [0.5, 0.6) is 0 Å². The standard InChI is InChI=1S/C18H23N3O3/c1-19-16(22)14(17(23)20(2)18(19)24)15(13-9-5-3-6-10-13)21-11-7-4-8-12-21/h3,5-6,9-10,14-15H,4,7-8,11-12H2,1-2H3. The van der Waals surface area contributed by atoms with Gasteiger partial charge in [-0.2, -0.15) is 0 Å². The van der Waals surface area contributed by atoms with E-state index in [-0.39, 0.29) is 6.04 Å². The summed E-state index contributed by atoms with van der Waals surface area (Å²) in [5, 5.41) is 0. The van der Waals surface area contributed by atoms with Gasteiger partial charge >= 0.3 is 6.03 Å². The van der Waals surface area contributed by atoms with E-state index < -0.39 is 23.8 Å². The Balaban J connectivity index is 2.02. The van der Waals surface area contributed by atoms with Gasteiger partial charge in [0.25, 0.3) is 0 Å². The first kappa shape index (κ1) is 16.6. The molecule has 1 atom stereocenters. The van der Waals surface area contributed by atoms with Crippen LogP contribution in [0.25, 0.3) is 0 Å². The molecule has 0 aromatic heterocycles. The quantitative estimate of drug-likeness (QED) is 0.795. The predicted octanol–water partition coefficient (Wildman–Crippen LogP) is 1.88. The van der Waals surface area contributed by atoms with Gasteiger partial charge in [0.1, 0.15) is 5.92 Å². The van der Waals surface area contributed by atoms with Crippen molar-refractivity contribution in [2.45, 2.75) is 25.3 Å². The molecule has 0 N–H and O–H groups in total. The average molecular weight is 329 g/mol. The summed E-state index contributed by atoms with van der Waals surface area (Å²) in [5.41, 5.74) is 0.947. The first-order valence-corrected chi connectivity index (χ1v) is 8.40. The summed E-state index contributed by atoms with van der Waals surface area (Å²) in [7, 11) is 2.89. The van der Waals surface area contributed by atoms with Gasteiger partial charge in [0.15, 0.2) is 0 Å². The SMILES string of the molecule is CN1C(=O)C(C(c2ccccc2)N2CCCCC2)C(=O)N(C)C1=O. The van der Waals surface area contributed by atoms with Crippen LogP contribution in [0.15, 0.2) is 30.3 Å². The number of rotatable bonds is 3. The van der Waals surface area contributed by atoms with E-state index in [0.29, 0.717) is 0 Å². The summed E-state index contributed by atoms with van der Waals surface area (Å²) in [5.74, 6) is -1.71. The van der Waals surface area contributed by atoms with Crippen LogP contribution in [0.4, 0.5) is 4.79 Å². The van der Waals surface area contributed by atoms with Crippen molar-refractivity contribution in [1.29, 1.82) is 0 Å². The van der Waals surface area contributed by atoms with E-state index in [1.807, 2.05) is 30.3 Å². The zero-order valence-electron chi connectivity index (χ0n) is 14.1. The molecule has 6 heteroatoms.